The normalized spacial score (nSPS) is 14.5. The summed E-state index contributed by atoms with van der Waals surface area (Å²) < 4.78 is 0. The molecule has 5 N–H and O–H groups in total. The first-order valence-corrected chi connectivity index (χ1v) is 7.34. The maximum absolute atomic E-state index is 11.7. The van der Waals surface area contributed by atoms with Crippen molar-refractivity contribution >= 4 is 23.6 Å². The standard InChI is InChI=1S/C14H25N3O5/c1-4-6-9(15)12(19)13(20)16-7-10(18)17-11(14(21)22)8(3)5-2/h8-9,11H,4-7,15H2,1-3H3,(H,16,20)(H,17,18)(H,21,22). The van der Waals surface area contributed by atoms with E-state index in [1.165, 1.54) is 0 Å². The number of amides is 2. The van der Waals surface area contributed by atoms with Gasteiger partial charge in [0.05, 0.1) is 12.6 Å². The third-order valence-corrected chi connectivity index (χ3v) is 3.37. The van der Waals surface area contributed by atoms with Crippen LogP contribution in [-0.2, 0) is 19.2 Å². The van der Waals surface area contributed by atoms with Gasteiger partial charge in [-0.15, -0.1) is 0 Å². The molecule has 8 heteroatoms. The molecule has 22 heavy (non-hydrogen) atoms. The van der Waals surface area contributed by atoms with E-state index in [9.17, 15) is 19.2 Å². The van der Waals surface area contributed by atoms with E-state index in [4.69, 9.17) is 10.8 Å². The van der Waals surface area contributed by atoms with Gasteiger partial charge in [-0.3, -0.25) is 14.4 Å². The molecule has 0 aliphatic rings. The van der Waals surface area contributed by atoms with Gasteiger partial charge in [0, 0.05) is 0 Å². The zero-order valence-corrected chi connectivity index (χ0v) is 13.2. The molecule has 0 aliphatic carbocycles. The first kappa shape index (κ1) is 20.0. The van der Waals surface area contributed by atoms with E-state index in [0.29, 0.717) is 19.3 Å². The molecule has 0 heterocycles. The monoisotopic (exact) mass is 315 g/mol. The zero-order chi connectivity index (χ0) is 17.3. The van der Waals surface area contributed by atoms with Gasteiger partial charge in [0.1, 0.15) is 6.04 Å². The van der Waals surface area contributed by atoms with Crippen LogP contribution < -0.4 is 16.4 Å². The van der Waals surface area contributed by atoms with Crippen molar-refractivity contribution in [2.24, 2.45) is 11.7 Å². The van der Waals surface area contributed by atoms with Gasteiger partial charge in [0.15, 0.2) is 0 Å². The number of aliphatic carboxylic acids is 1. The predicted octanol–water partition coefficient (Wildman–Crippen LogP) is -0.585. The van der Waals surface area contributed by atoms with E-state index < -0.39 is 42.2 Å². The summed E-state index contributed by atoms with van der Waals surface area (Å²) in [5.74, 6) is -3.79. The third-order valence-electron chi connectivity index (χ3n) is 3.37. The van der Waals surface area contributed by atoms with Crippen molar-refractivity contribution < 1.29 is 24.3 Å². The quantitative estimate of drug-likeness (QED) is 0.398. The number of rotatable bonds is 10. The van der Waals surface area contributed by atoms with E-state index in [0.717, 1.165) is 0 Å². The maximum Gasteiger partial charge on any atom is 0.326 e. The van der Waals surface area contributed by atoms with Crippen molar-refractivity contribution in [2.45, 2.75) is 52.1 Å². The molecule has 0 aromatic heterocycles. The minimum Gasteiger partial charge on any atom is -0.480 e. The molecule has 0 saturated carbocycles. The lowest BCUT2D eigenvalue weighted by Crippen LogP contribution is -2.50. The minimum atomic E-state index is -1.14. The van der Waals surface area contributed by atoms with Crippen LogP contribution in [0.4, 0.5) is 0 Å². The lowest BCUT2D eigenvalue weighted by Gasteiger charge is -2.20. The summed E-state index contributed by atoms with van der Waals surface area (Å²) in [6, 6.07) is -1.92. The Hall–Kier alpha value is -1.96. The molecule has 2 amide bonds. The number of carbonyl (C=O) groups is 4. The Balaban J connectivity index is 4.41. The molecule has 0 aromatic rings. The summed E-state index contributed by atoms with van der Waals surface area (Å²) in [4.78, 5) is 45.8. The Morgan fingerprint density at radius 2 is 1.77 bits per heavy atom. The van der Waals surface area contributed by atoms with Crippen LogP contribution >= 0.6 is 0 Å². The van der Waals surface area contributed by atoms with Crippen LogP contribution in [0.2, 0.25) is 0 Å². The first-order valence-electron chi connectivity index (χ1n) is 7.34. The molecule has 0 bridgehead atoms. The largest absolute Gasteiger partial charge is 0.480 e. The van der Waals surface area contributed by atoms with Crippen LogP contribution in [0.5, 0.6) is 0 Å². The molecule has 0 aromatic carbocycles. The van der Waals surface area contributed by atoms with Gasteiger partial charge in [-0.25, -0.2) is 4.79 Å². The molecule has 3 atom stereocenters. The topological polar surface area (TPSA) is 139 Å². The van der Waals surface area contributed by atoms with E-state index >= 15 is 0 Å². The number of carboxylic acid groups (broad SMARTS) is 1. The number of ketones is 1. The van der Waals surface area contributed by atoms with Crippen molar-refractivity contribution in [2.75, 3.05) is 6.54 Å². The highest BCUT2D eigenvalue weighted by atomic mass is 16.4. The summed E-state index contributed by atoms with van der Waals surface area (Å²) in [6.07, 6.45) is 1.62. The van der Waals surface area contributed by atoms with Gasteiger partial charge in [-0.1, -0.05) is 33.6 Å². The second-order valence-corrected chi connectivity index (χ2v) is 5.21. The smallest absolute Gasteiger partial charge is 0.326 e. The van der Waals surface area contributed by atoms with E-state index in [2.05, 4.69) is 10.6 Å². The second kappa shape index (κ2) is 9.88. The number of hydrogen-bond acceptors (Lipinski definition) is 5. The first-order chi connectivity index (χ1) is 10.2. The molecule has 0 aliphatic heterocycles. The Kier molecular flexibility index (Phi) is 9.00. The van der Waals surface area contributed by atoms with Crippen LogP contribution in [0.1, 0.15) is 40.0 Å². The van der Waals surface area contributed by atoms with Gasteiger partial charge in [0.25, 0.3) is 5.91 Å². The molecular weight excluding hydrogens is 290 g/mol. The molecule has 0 spiro atoms. The summed E-state index contributed by atoms with van der Waals surface area (Å²) >= 11 is 0. The van der Waals surface area contributed by atoms with E-state index in [-0.39, 0.29) is 5.92 Å². The van der Waals surface area contributed by atoms with Crippen LogP contribution in [0.25, 0.3) is 0 Å². The van der Waals surface area contributed by atoms with Crippen molar-refractivity contribution in [1.82, 2.24) is 10.6 Å². The minimum absolute atomic E-state index is 0.253. The van der Waals surface area contributed by atoms with Crippen molar-refractivity contribution in [3.8, 4) is 0 Å². The molecule has 0 rings (SSSR count). The summed E-state index contributed by atoms with van der Waals surface area (Å²) in [7, 11) is 0. The van der Waals surface area contributed by atoms with Gasteiger partial charge < -0.3 is 21.5 Å². The Morgan fingerprint density at radius 1 is 1.18 bits per heavy atom. The van der Waals surface area contributed by atoms with Crippen molar-refractivity contribution in [3.05, 3.63) is 0 Å². The number of Topliss-reactive ketones (excluding diaryl/α,β-unsaturated/α-hetero) is 1. The van der Waals surface area contributed by atoms with E-state index in [1.54, 1.807) is 6.92 Å². The Labute approximate surface area is 129 Å². The molecule has 0 fully saturated rings. The molecule has 126 valence electrons. The van der Waals surface area contributed by atoms with Crippen LogP contribution in [-0.4, -0.2) is 47.3 Å². The highest BCUT2D eigenvalue weighted by molar-refractivity contribution is 6.38. The summed E-state index contributed by atoms with van der Waals surface area (Å²) in [6.45, 7) is 4.87. The number of carbonyl (C=O) groups excluding carboxylic acids is 3. The fourth-order valence-electron chi connectivity index (χ4n) is 1.77. The van der Waals surface area contributed by atoms with Gasteiger partial charge >= 0.3 is 5.97 Å². The fraction of sp³-hybridized carbons (Fsp3) is 0.714. The number of nitrogens with one attached hydrogen (secondary N) is 2. The summed E-state index contributed by atoms with van der Waals surface area (Å²) in [5.41, 5.74) is 5.52. The number of nitrogens with two attached hydrogens (primary N) is 1. The molecular formula is C14H25N3O5. The van der Waals surface area contributed by atoms with Crippen LogP contribution in [0.15, 0.2) is 0 Å². The van der Waals surface area contributed by atoms with Crippen molar-refractivity contribution in [1.29, 1.82) is 0 Å². The lowest BCUT2D eigenvalue weighted by molar-refractivity contribution is -0.143. The van der Waals surface area contributed by atoms with Gasteiger partial charge in [-0.2, -0.15) is 0 Å². The third kappa shape index (κ3) is 6.66. The number of hydrogen-bond donors (Lipinski definition) is 4. The number of carboxylic acids is 1. The van der Waals surface area contributed by atoms with E-state index in [1.807, 2.05) is 13.8 Å². The van der Waals surface area contributed by atoms with Crippen molar-refractivity contribution in [3.63, 3.8) is 0 Å². The maximum atomic E-state index is 11.7. The summed E-state index contributed by atoms with van der Waals surface area (Å²) in [5, 5.41) is 13.5. The molecule has 0 saturated heterocycles. The fourth-order valence-corrected chi connectivity index (χ4v) is 1.77. The highest BCUT2D eigenvalue weighted by Crippen LogP contribution is 2.07. The Morgan fingerprint density at radius 3 is 2.23 bits per heavy atom. The van der Waals surface area contributed by atoms with Crippen LogP contribution in [0, 0.1) is 5.92 Å². The average molecular weight is 315 g/mol. The van der Waals surface area contributed by atoms with Gasteiger partial charge in [0.2, 0.25) is 11.7 Å². The van der Waals surface area contributed by atoms with Gasteiger partial charge in [-0.05, 0) is 12.3 Å². The molecule has 0 radical (unpaired) electrons. The SMILES string of the molecule is CCCC(N)C(=O)C(=O)NCC(=O)NC(C(=O)O)C(C)CC. The Bertz CT molecular complexity index is 425. The zero-order valence-electron chi connectivity index (χ0n) is 13.2. The molecule has 8 nitrogen and oxygen atoms in total. The lowest BCUT2D eigenvalue weighted by atomic mass is 9.99. The average Bonchev–Trinajstić information content (AvgIpc) is 2.48. The second-order valence-electron chi connectivity index (χ2n) is 5.21. The highest BCUT2D eigenvalue weighted by Gasteiger charge is 2.26. The predicted molar refractivity (Wildman–Crippen MR) is 79.9 cm³/mol. The van der Waals surface area contributed by atoms with Crippen LogP contribution in [0.3, 0.4) is 0 Å². The molecule has 3 unspecified atom stereocenters.